The Kier molecular flexibility index (Phi) is 4.16. The Hall–Kier alpha value is -1.51. The van der Waals surface area contributed by atoms with Crippen LogP contribution in [0, 0.1) is 0 Å². The van der Waals surface area contributed by atoms with Gasteiger partial charge in [-0.25, -0.2) is 0 Å². The number of rotatable bonds is 5. The van der Waals surface area contributed by atoms with E-state index in [1.165, 1.54) is 0 Å². The van der Waals surface area contributed by atoms with E-state index in [-0.39, 0.29) is 6.42 Å². The molecular weight excluding hydrogens is 190 g/mol. The summed E-state index contributed by atoms with van der Waals surface area (Å²) in [6.45, 7) is 6.15. The monoisotopic (exact) mass is 207 g/mol. The van der Waals surface area contributed by atoms with Gasteiger partial charge >= 0.3 is 5.97 Å². The fraction of sp³-hybridized carbons (Fsp3) is 0.417. The van der Waals surface area contributed by atoms with Crippen LogP contribution in [0.2, 0.25) is 0 Å². The molecule has 0 bridgehead atoms. The molecule has 3 heteroatoms. The van der Waals surface area contributed by atoms with Crippen LogP contribution in [0.25, 0.3) is 0 Å². The zero-order valence-electron chi connectivity index (χ0n) is 9.23. The highest BCUT2D eigenvalue weighted by Gasteiger charge is 2.03. The molecule has 0 aliphatic rings. The molecule has 0 saturated heterocycles. The quantitative estimate of drug-likeness (QED) is 0.804. The Balaban J connectivity index is 2.75. The van der Waals surface area contributed by atoms with Crippen molar-refractivity contribution < 1.29 is 9.90 Å². The highest BCUT2D eigenvalue weighted by molar-refractivity contribution is 5.70. The number of anilines is 1. The fourth-order valence-electron chi connectivity index (χ4n) is 1.59. The predicted octanol–water partition coefficient (Wildman–Crippen LogP) is 2.16. The van der Waals surface area contributed by atoms with Crippen LogP contribution in [0.1, 0.15) is 19.4 Å². The maximum Gasteiger partial charge on any atom is 0.307 e. The van der Waals surface area contributed by atoms with E-state index in [4.69, 9.17) is 5.11 Å². The maximum absolute atomic E-state index is 10.5. The predicted molar refractivity (Wildman–Crippen MR) is 61.3 cm³/mol. The second-order valence-corrected chi connectivity index (χ2v) is 3.41. The molecule has 0 spiro atoms. The van der Waals surface area contributed by atoms with Crippen molar-refractivity contribution in [2.24, 2.45) is 0 Å². The number of benzene rings is 1. The third-order valence-electron chi connectivity index (χ3n) is 2.42. The molecular formula is C12H17NO2. The second kappa shape index (κ2) is 5.39. The summed E-state index contributed by atoms with van der Waals surface area (Å²) in [5.74, 6) is -0.786. The molecule has 1 aromatic carbocycles. The van der Waals surface area contributed by atoms with Crippen molar-refractivity contribution in [3.8, 4) is 0 Å². The average Bonchev–Trinajstić information content (AvgIpc) is 2.21. The highest BCUT2D eigenvalue weighted by Crippen LogP contribution is 2.15. The van der Waals surface area contributed by atoms with Crippen LogP contribution in [0.15, 0.2) is 24.3 Å². The second-order valence-electron chi connectivity index (χ2n) is 3.41. The summed E-state index contributed by atoms with van der Waals surface area (Å²) in [5, 5.41) is 8.63. The Morgan fingerprint density at radius 3 is 2.13 bits per heavy atom. The van der Waals surface area contributed by atoms with Crippen molar-refractivity contribution in [3.63, 3.8) is 0 Å². The van der Waals surface area contributed by atoms with Gasteiger partial charge in [-0.2, -0.15) is 0 Å². The van der Waals surface area contributed by atoms with Gasteiger partial charge in [0.05, 0.1) is 6.42 Å². The van der Waals surface area contributed by atoms with Crippen LogP contribution in [0.5, 0.6) is 0 Å². The zero-order chi connectivity index (χ0) is 11.3. The van der Waals surface area contributed by atoms with Gasteiger partial charge in [0.2, 0.25) is 0 Å². The third-order valence-corrected chi connectivity index (χ3v) is 2.42. The molecule has 82 valence electrons. The molecule has 0 radical (unpaired) electrons. The molecule has 3 nitrogen and oxygen atoms in total. The van der Waals surface area contributed by atoms with E-state index in [1.54, 1.807) is 0 Å². The normalized spacial score (nSPS) is 10.0. The van der Waals surface area contributed by atoms with Crippen molar-refractivity contribution in [2.45, 2.75) is 20.3 Å². The fourth-order valence-corrected chi connectivity index (χ4v) is 1.59. The van der Waals surface area contributed by atoms with Crippen molar-refractivity contribution in [1.29, 1.82) is 0 Å². The topological polar surface area (TPSA) is 40.5 Å². The first-order chi connectivity index (χ1) is 7.17. The molecule has 0 unspecified atom stereocenters. The Bertz CT molecular complexity index is 315. The smallest absolute Gasteiger partial charge is 0.307 e. The van der Waals surface area contributed by atoms with Crippen LogP contribution >= 0.6 is 0 Å². The minimum Gasteiger partial charge on any atom is -0.481 e. The number of carboxylic acids is 1. The van der Waals surface area contributed by atoms with Crippen LogP contribution in [-0.4, -0.2) is 24.2 Å². The first-order valence-electron chi connectivity index (χ1n) is 5.23. The SMILES string of the molecule is CCN(CC)c1ccc(CC(=O)O)cc1. The summed E-state index contributed by atoms with van der Waals surface area (Å²) in [7, 11) is 0. The molecule has 0 heterocycles. The third kappa shape index (κ3) is 3.27. The molecule has 0 aliphatic heterocycles. The molecule has 1 rings (SSSR count). The first-order valence-corrected chi connectivity index (χ1v) is 5.23. The zero-order valence-corrected chi connectivity index (χ0v) is 9.23. The van der Waals surface area contributed by atoms with E-state index >= 15 is 0 Å². The van der Waals surface area contributed by atoms with Gasteiger partial charge in [-0.3, -0.25) is 4.79 Å². The average molecular weight is 207 g/mol. The standard InChI is InChI=1S/C12H17NO2/c1-3-13(4-2)11-7-5-10(6-8-11)9-12(14)15/h5-8H,3-4,9H2,1-2H3,(H,14,15). The summed E-state index contributed by atoms with van der Waals surface area (Å²) >= 11 is 0. The van der Waals surface area contributed by atoms with Crippen molar-refractivity contribution in [1.82, 2.24) is 0 Å². The van der Waals surface area contributed by atoms with Gasteiger partial charge < -0.3 is 10.0 Å². The van der Waals surface area contributed by atoms with E-state index < -0.39 is 5.97 Å². The lowest BCUT2D eigenvalue weighted by Gasteiger charge is -2.20. The molecule has 0 amide bonds. The minimum atomic E-state index is -0.786. The van der Waals surface area contributed by atoms with E-state index in [0.29, 0.717) is 0 Å². The van der Waals surface area contributed by atoms with Gasteiger partial charge in [0, 0.05) is 18.8 Å². The number of hydrogen-bond donors (Lipinski definition) is 1. The number of nitrogens with zero attached hydrogens (tertiary/aromatic N) is 1. The number of carboxylic acid groups (broad SMARTS) is 1. The molecule has 1 N–H and O–H groups in total. The molecule has 0 aromatic heterocycles. The van der Waals surface area contributed by atoms with Gasteiger partial charge in [-0.05, 0) is 31.5 Å². The summed E-state index contributed by atoms with van der Waals surface area (Å²) < 4.78 is 0. The molecule has 15 heavy (non-hydrogen) atoms. The summed E-state index contributed by atoms with van der Waals surface area (Å²) in [4.78, 5) is 12.7. The van der Waals surface area contributed by atoms with Crippen LogP contribution < -0.4 is 4.90 Å². The number of hydrogen-bond acceptors (Lipinski definition) is 2. The molecule has 0 saturated carbocycles. The number of aliphatic carboxylic acids is 1. The summed E-state index contributed by atoms with van der Waals surface area (Å²) in [5.41, 5.74) is 1.99. The van der Waals surface area contributed by atoms with Gasteiger partial charge in [0.1, 0.15) is 0 Å². The van der Waals surface area contributed by atoms with Gasteiger partial charge in [-0.15, -0.1) is 0 Å². The van der Waals surface area contributed by atoms with E-state index in [9.17, 15) is 4.79 Å². The Labute approximate surface area is 90.3 Å². The lowest BCUT2D eigenvalue weighted by atomic mass is 10.1. The molecule has 1 aromatic rings. The number of carbonyl (C=O) groups is 1. The molecule has 0 fully saturated rings. The summed E-state index contributed by atoms with van der Waals surface area (Å²) in [6.07, 6.45) is 0.0958. The largest absolute Gasteiger partial charge is 0.481 e. The maximum atomic E-state index is 10.5. The highest BCUT2D eigenvalue weighted by atomic mass is 16.4. The molecule has 0 atom stereocenters. The van der Waals surface area contributed by atoms with E-state index in [2.05, 4.69) is 18.7 Å². The summed E-state index contributed by atoms with van der Waals surface area (Å²) in [6, 6.07) is 7.71. The van der Waals surface area contributed by atoms with Crippen LogP contribution in [0.3, 0.4) is 0 Å². The van der Waals surface area contributed by atoms with Gasteiger partial charge in [0.15, 0.2) is 0 Å². The first kappa shape index (κ1) is 11.6. The lowest BCUT2D eigenvalue weighted by Crippen LogP contribution is -2.21. The van der Waals surface area contributed by atoms with Crippen molar-refractivity contribution >= 4 is 11.7 Å². The van der Waals surface area contributed by atoms with Gasteiger partial charge in [-0.1, -0.05) is 12.1 Å². The van der Waals surface area contributed by atoms with Crippen LogP contribution in [-0.2, 0) is 11.2 Å². The van der Waals surface area contributed by atoms with Crippen molar-refractivity contribution in [3.05, 3.63) is 29.8 Å². The van der Waals surface area contributed by atoms with E-state index in [1.807, 2.05) is 24.3 Å². The molecule has 0 aliphatic carbocycles. The Morgan fingerprint density at radius 1 is 1.20 bits per heavy atom. The van der Waals surface area contributed by atoms with Crippen LogP contribution in [0.4, 0.5) is 5.69 Å². The minimum absolute atomic E-state index is 0.0958. The van der Waals surface area contributed by atoms with Gasteiger partial charge in [0.25, 0.3) is 0 Å². The lowest BCUT2D eigenvalue weighted by molar-refractivity contribution is -0.136. The van der Waals surface area contributed by atoms with Crippen molar-refractivity contribution in [2.75, 3.05) is 18.0 Å². The van der Waals surface area contributed by atoms with E-state index in [0.717, 1.165) is 24.3 Å². The Morgan fingerprint density at radius 2 is 1.73 bits per heavy atom.